The Labute approximate surface area is 194 Å². The van der Waals surface area contributed by atoms with Gasteiger partial charge in [-0.25, -0.2) is 0 Å². The Morgan fingerprint density at radius 2 is 1.58 bits per heavy atom. The number of amides is 1. The highest BCUT2D eigenvalue weighted by atomic mass is 16.5. The van der Waals surface area contributed by atoms with E-state index < -0.39 is 0 Å². The smallest absolute Gasteiger partial charge is 0.225 e. The number of hydrogen-bond donors (Lipinski definition) is 1. The lowest BCUT2D eigenvalue weighted by atomic mass is 9.73. The van der Waals surface area contributed by atoms with Crippen LogP contribution in [-0.2, 0) is 16.0 Å². The number of nitrogens with one attached hydrogen (secondary N) is 1. The minimum atomic E-state index is -0.246. The number of ketones is 1. The van der Waals surface area contributed by atoms with Crippen LogP contribution < -0.4 is 10.1 Å². The molecule has 0 bridgehead atoms. The van der Waals surface area contributed by atoms with Gasteiger partial charge in [-0.3, -0.25) is 9.59 Å². The van der Waals surface area contributed by atoms with Crippen LogP contribution in [0.25, 0.3) is 0 Å². The highest BCUT2D eigenvalue weighted by molar-refractivity contribution is 6.02. The van der Waals surface area contributed by atoms with E-state index in [0.29, 0.717) is 18.6 Å². The molecule has 1 heterocycles. The van der Waals surface area contributed by atoms with Crippen LogP contribution in [0.3, 0.4) is 0 Å². The predicted octanol–water partition coefficient (Wildman–Crippen LogP) is 6.05. The molecule has 33 heavy (non-hydrogen) atoms. The number of ether oxygens (including phenoxy) is 1. The van der Waals surface area contributed by atoms with Gasteiger partial charge in [0.25, 0.3) is 0 Å². The van der Waals surface area contributed by atoms with Crippen molar-refractivity contribution < 1.29 is 14.3 Å². The van der Waals surface area contributed by atoms with Gasteiger partial charge in [0.2, 0.25) is 5.91 Å². The fourth-order valence-corrected chi connectivity index (χ4v) is 4.93. The quantitative estimate of drug-likeness (QED) is 0.529. The molecule has 1 aliphatic heterocycles. The molecule has 1 aliphatic carbocycles. The third-order valence-corrected chi connectivity index (χ3v) is 6.63. The molecule has 3 aromatic rings. The van der Waals surface area contributed by atoms with E-state index in [1.165, 1.54) is 5.56 Å². The third-order valence-electron chi connectivity index (χ3n) is 6.63. The Hall–Kier alpha value is -3.66. The van der Waals surface area contributed by atoms with Gasteiger partial charge in [0.15, 0.2) is 5.78 Å². The van der Waals surface area contributed by atoms with Crippen LogP contribution in [0.4, 0.5) is 0 Å². The number of rotatable bonds is 5. The lowest BCUT2D eigenvalue weighted by molar-refractivity contribution is -0.122. The van der Waals surface area contributed by atoms with Crippen LogP contribution in [0.5, 0.6) is 11.5 Å². The maximum Gasteiger partial charge on any atom is 0.225 e. The molecule has 4 nitrogen and oxygen atoms in total. The first-order valence-corrected chi connectivity index (χ1v) is 11.6. The van der Waals surface area contributed by atoms with E-state index in [4.69, 9.17) is 4.74 Å². The Balaban J connectivity index is 1.44. The molecule has 0 spiro atoms. The van der Waals surface area contributed by atoms with E-state index in [1.54, 1.807) is 0 Å². The summed E-state index contributed by atoms with van der Waals surface area (Å²) in [7, 11) is 0. The minimum absolute atomic E-state index is 0.0390. The molecule has 0 aromatic heterocycles. The Kier molecular flexibility index (Phi) is 5.82. The summed E-state index contributed by atoms with van der Waals surface area (Å²) in [5, 5.41) is 3.01. The van der Waals surface area contributed by atoms with E-state index >= 15 is 0 Å². The molecule has 2 aliphatic rings. The molecule has 0 fully saturated rings. The van der Waals surface area contributed by atoms with Crippen molar-refractivity contribution in [1.29, 1.82) is 0 Å². The molecule has 5 rings (SSSR count). The summed E-state index contributed by atoms with van der Waals surface area (Å²) in [4.78, 5) is 26.0. The maximum atomic E-state index is 13.4. The minimum Gasteiger partial charge on any atom is -0.457 e. The van der Waals surface area contributed by atoms with Crippen LogP contribution >= 0.6 is 0 Å². The molecule has 2 unspecified atom stereocenters. The topological polar surface area (TPSA) is 55.4 Å². The van der Waals surface area contributed by atoms with Crippen molar-refractivity contribution in [3.8, 4) is 11.5 Å². The zero-order valence-electron chi connectivity index (χ0n) is 18.7. The van der Waals surface area contributed by atoms with E-state index in [2.05, 4.69) is 36.5 Å². The summed E-state index contributed by atoms with van der Waals surface area (Å²) in [6, 6.07) is 25.8. The lowest BCUT2D eigenvalue weighted by Crippen LogP contribution is -2.38. The monoisotopic (exact) mass is 437 g/mol. The van der Waals surface area contributed by atoms with Crippen LogP contribution in [0.2, 0.25) is 0 Å². The summed E-state index contributed by atoms with van der Waals surface area (Å²) in [5.74, 6) is 1.38. The lowest BCUT2D eigenvalue weighted by Gasteiger charge is -2.34. The second kappa shape index (κ2) is 9.07. The summed E-state index contributed by atoms with van der Waals surface area (Å²) in [5.41, 5.74) is 4.91. The van der Waals surface area contributed by atoms with Gasteiger partial charge >= 0.3 is 0 Å². The molecule has 4 heteroatoms. The molecule has 0 saturated carbocycles. The molecule has 166 valence electrons. The van der Waals surface area contributed by atoms with Gasteiger partial charge in [0, 0.05) is 30.0 Å². The fraction of sp³-hybridized carbons (Fsp3) is 0.241. The fourth-order valence-electron chi connectivity index (χ4n) is 4.93. The SMILES string of the molecule is CCc1ccc(C2CC(=O)C3=C(C2)NC(=O)CC3c2cccc(Oc3ccccc3)c2)cc1. The van der Waals surface area contributed by atoms with Crippen molar-refractivity contribution in [3.05, 3.63) is 107 Å². The van der Waals surface area contributed by atoms with E-state index in [9.17, 15) is 9.59 Å². The molecule has 1 N–H and O–H groups in total. The van der Waals surface area contributed by atoms with E-state index in [0.717, 1.165) is 34.6 Å². The highest BCUT2D eigenvalue weighted by Crippen LogP contribution is 2.43. The first kappa shape index (κ1) is 21.2. The van der Waals surface area contributed by atoms with Crippen LogP contribution in [0.15, 0.2) is 90.1 Å². The van der Waals surface area contributed by atoms with Crippen molar-refractivity contribution >= 4 is 11.7 Å². The molecule has 0 saturated heterocycles. The average molecular weight is 438 g/mol. The van der Waals surface area contributed by atoms with E-state index in [1.807, 2.05) is 54.6 Å². The first-order chi connectivity index (χ1) is 16.1. The van der Waals surface area contributed by atoms with Gasteiger partial charge in [-0.1, -0.05) is 61.5 Å². The summed E-state index contributed by atoms with van der Waals surface area (Å²) in [6.07, 6.45) is 2.41. The van der Waals surface area contributed by atoms with Gasteiger partial charge < -0.3 is 10.1 Å². The normalized spacial score (nSPS) is 20.3. The maximum absolute atomic E-state index is 13.4. The molecule has 2 atom stereocenters. The van der Waals surface area contributed by atoms with Crippen LogP contribution in [0, 0.1) is 0 Å². The van der Waals surface area contributed by atoms with Crippen LogP contribution in [-0.4, -0.2) is 11.7 Å². The van der Waals surface area contributed by atoms with Gasteiger partial charge in [-0.15, -0.1) is 0 Å². The summed E-state index contributed by atoms with van der Waals surface area (Å²) in [6.45, 7) is 2.13. The van der Waals surface area contributed by atoms with Crippen molar-refractivity contribution in [1.82, 2.24) is 5.32 Å². The van der Waals surface area contributed by atoms with Gasteiger partial charge in [-0.05, 0) is 59.7 Å². The molecule has 1 amide bonds. The second-order valence-corrected chi connectivity index (χ2v) is 8.81. The third kappa shape index (κ3) is 4.47. The van der Waals surface area contributed by atoms with Crippen molar-refractivity contribution in [3.63, 3.8) is 0 Å². The van der Waals surface area contributed by atoms with Crippen molar-refractivity contribution in [2.24, 2.45) is 0 Å². The number of hydrogen-bond acceptors (Lipinski definition) is 3. The van der Waals surface area contributed by atoms with Crippen molar-refractivity contribution in [2.45, 2.75) is 44.4 Å². The van der Waals surface area contributed by atoms with Gasteiger partial charge in [0.05, 0.1) is 0 Å². The number of carbonyl (C=O) groups excluding carboxylic acids is 2. The van der Waals surface area contributed by atoms with Gasteiger partial charge in [-0.2, -0.15) is 0 Å². The molecular weight excluding hydrogens is 410 g/mol. The summed E-state index contributed by atoms with van der Waals surface area (Å²) >= 11 is 0. The highest BCUT2D eigenvalue weighted by Gasteiger charge is 2.38. The first-order valence-electron chi connectivity index (χ1n) is 11.6. The van der Waals surface area contributed by atoms with E-state index in [-0.39, 0.29) is 29.9 Å². The van der Waals surface area contributed by atoms with Crippen LogP contribution in [0.1, 0.15) is 54.7 Å². The number of benzene rings is 3. The average Bonchev–Trinajstić information content (AvgIpc) is 2.84. The predicted molar refractivity (Wildman–Crippen MR) is 128 cm³/mol. The number of Topliss-reactive ketones (excluding diaryl/α,β-unsaturated/α-hetero) is 1. The number of allylic oxidation sites excluding steroid dienone is 2. The second-order valence-electron chi connectivity index (χ2n) is 8.81. The van der Waals surface area contributed by atoms with Gasteiger partial charge in [0.1, 0.15) is 11.5 Å². The standard InChI is InChI=1S/C29H27NO3/c1-2-19-11-13-20(14-12-19)22-16-26-29(27(31)17-22)25(18-28(32)30-26)21-7-6-10-24(15-21)33-23-8-4-3-5-9-23/h3-15,22,25H,2,16-18H2,1H3,(H,30,32). The number of aryl methyl sites for hydroxylation is 1. The molecule has 0 radical (unpaired) electrons. The van der Waals surface area contributed by atoms with Crippen molar-refractivity contribution in [2.75, 3.05) is 0 Å². The molecule has 3 aromatic carbocycles. The summed E-state index contributed by atoms with van der Waals surface area (Å²) < 4.78 is 5.99. The largest absolute Gasteiger partial charge is 0.457 e. The zero-order valence-corrected chi connectivity index (χ0v) is 18.7. The Morgan fingerprint density at radius 1 is 0.818 bits per heavy atom. The number of para-hydroxylation sites is 1. The number of carbonyl (C=O) groups is 2. The zero-order chi connectivity index (χ0) is 22.8. The molecular formula is C29H27NO3. The Morgan fingerprint density at radius 3 is 2.33 bits per heavy atom. The Bertz CT molecular complexity index is 1210.